The second kappa shape index (κ2) is 6.42. The number of aromatic nitrogens is 4. The van der Waals surface area contributed by atoms with Crippen LogP contribution < -0.4 is 5.56 Å². The van der Waals surface area contributed by atoms with Crippen molar-refractivity contribution in [3.63, 3.8) is 0 Å². The van der Waals surface area contributed by atoms with Gasteiger partial charge in [-0.15, -0.1) is 0 Å². The molecule has 0 saturated heterocycles. The topological polar surface area (TPSA) is 52.2 Å². The highest BCUT2D eigenvalue weighted by molar-refractivity contribution is 5.81. The second-order valence-electron chi connectivity index (χ2n) is 6.52. The number of pyridine rings is 1. The lowest BCUT2D eigenvalue weighted by atomic mass is 10.2. The third-order valence-corrected chi connectivity index (χ3v) is 4.80. The first-order chi connectivity index (χ1) is 13.7. The predicted octanol–water partition coefficient (Wildman–Crippen LogP) is 3.90. The van der Waals surface area contributed by atoms with Crippen LogP contribution in [-0.4, -0.2) is 18.9 Å². The second-order valence-corrected chi connectivity index (χ2v) is 6.52. The third-order valence-electron chi connectivity index (χ3n) is 4.80. The third kappa shape index (κ3) is 2.58. The van der Waals surface area contributed by atoms with Crippen LogP contribution in [0.15, 0.2) is 83.9 Å². The van der Waals surface area contributed by atoms with Gasteiger partial charge in [0, 0.05) is 29.6 Å². The van der Waals surface area contributed by atoms with Gasteiger partial charge in [-0.3, -0.25) is 9.78 Å². The number of hydrogen-bond acceptors (Lipinski definition) is 3. The number of imidazole rings is 1. The molecule has 0 saturated carbocycles. The van der Waals surface area contributed by atoms with Gasteiger partial charge in [-0.1, -0.05) is 30.3 Å². The van der Waals surface area contributed by atoms with E-state index in [2.05, 4.69) is 4.98 Å². The Balaban J connectivity index is 1.83. The van der Waals surface area contributed by atoms with E-state index in [4.69, 9.17) is 4.98 Å². The van der Waals surface area contributed by atoms with Gasteiger partial charge in [-0.25, -0.2) is 13.8 Å². The van der Waals surface area contributed by atoms with Crippen LogP contribution in [0.1, 0.15) is 5.56 Å². The molecular weight excluding hydrogens is 355 g/mol. The highest BCUT2D eigenvalue weighted by Gasteiger charge is 2.16. The van der Waals surface area contributed by atoms with Crippen LogP contribution in [0.4, 0.5) is 4.39 Å². The van der Waals surface area contributed by atoms with Gasteiger partial charge in [-0.2, -0.15) is 0 Å². The number of rotatable bonds is 3. The Morgan fingerprint density at radius 1 is 0.929 bits per heavy atom. The van der Waals surface area contributed by atoms with E-state index in [-0.39, 0.29) is 17.9 Å². The summed E-state index contributed by atoms with van der Waals surface area (Å²) in [6.45, 7) is 0.270. The minimum atomic E-state index is -0.288. The molecule has 6 heteroatoms. The van der Waals surface area contributed by atoms with Crippen molar-refractivity contribution < 1.29 is 4.39 Å². The molecule has 3 aromatic heterocycles. The maximum absolute atomic E-state index is 14.3. The van der Waals surface area contributed by atoms with Crippen LogP contribution in [0, 0.1) is 5.82 Å². The van der Waals surface area contributed by atoms with Gasteiger partial charge in [0.2, 0.25) is 5.78 Å². The van der Waals surface area contributed by atoms with Gasteiger partial charge in [0.1, 0.15) is 5.82 Å². The molecule has 0 radical (unpaired) electrons. The summed E-state index contributed by atoms with van der Waals surface area (Å²) in [6.07, 6.45) is 3.34. The number of benzene rings is 2. The monoisotopic (exact) mass is 370 g/mol. The maximum atomic E-state index is 14.3. The molecule has 136 valence electrons. The Bertz CT molecular complexity index is 1370. The van der Waals surface area contributed by atoms with Crippen LogP contribution in [0.3, 0.4) is 0 Å². The highest BCUT2D eigenvalue weighted by atomic mass is 19.1. The minimum Gasteiger partial charge on any atom is -0.305 e. The molecule has 0 aliphatic carbocycles. The van der Waals surface area contributed by atoms with E-state index in [0.29, 0.717) is 17.0 Å². The Labute approximate surface area is 159 Å². The standard InChI is InChI=1S/C22H15FN4O/c23-17-8-2-1-6-16(17)14-26-19-9-3-4-10-20(19)27-21(28)12-18(25-22(26)27)15-7-5-11-24-13-15/h1-13H,14H2. The minimum absolute atomic E-state index is 0.188. The lowest BCUT2D eigenvalue weighted by molar-refractivity contribution is 0.603. The molecule has 3 heterocycles. The van der Waals surface area contributed by atoms with Crippen LogP contribution in [0.25, 0.3) is 28.1 Å². The van der Waals surface area contributed by atoms with Crippen molar-refractivity contribution in [3.05, 3.63) is 101 Å². The van der Waals surface area contributed by atoms with Crippen molar-refractivity contribution in [2.24, 2.45) is 0 Å². The number of halogens is 1. The average molecular weight is 370 g/mol. The molecule has 0 aliphatic rings. The maximum Gasteiger partial charge on any atom is 0.260 e. The van der Waals surface area contributed by atoms with E-state index in [9.17, 15) is 9.18 Å². The first-order valence-corrected chi connectivity index (χ1v) is 8.87. The fraction of sp³-hybridized carbons (Fsp3) is 0.0455. The fourth-order valence-corrected chi connectivity index (χ4v) is 3.48. The van der Waals surface area contributed by atoms with Crippen molar-refractivity contribution in [1.29, 1.82) is 0 Å². The summed E-state index contributed by atoms with van der Waals surface area (Å²) in [7, 11) is 0. The summed E-state index contributed by atoms with van der Waals surface area (Å²) in [4.78, 5) is 21.8. The van der Waals surface area contributed by atoms with Crippen molar-refractivity contribution >= 4 is 16.8 Å². The summed E-state index contributed by atoms with van der Waals surface area (Å²) >= 11 is 0. The normalized spacial score (nSPS) is 11.3. The van der Waals surface area contributed by atoms with E-state index < -0.39 is 0 Å². The molecule has 0 spiro atoms. The van der Waals surface area contributed by atoms with Crippen LogP contribution in [0.5, 0.6) is 0 Å². The summed E-state index contributed by atoms with van der Waals surface area (Å²) in [5, 5.41) is 0. The van der Waals surface area contributed by atoms with E-state index in [0.717, 1.165) is 16.6 Å². The van der Waals surface area contributed by atoms with E-state index >= 15 is 0 Å². The zero-order chi connectivity index (χ0) is 19.1. The fourth-order valence-electron chi connectivity index (χ4n) is 3.48. The molecule has 0 atom stereocenters. The number of para-hydroxylation sites is 2. The Morgan fingerprint density at radius 2 is 1.71 bits per heavy atom. The van der Waals surface area contributed by atoms with Gasteiger partial charge < -0.3 is 4.57 Å². The molecule has 0 amide bonds. The van der Waals surface area contributed by atoms with Gasteiger partial charge in [0.15, 0.2) is 0 Å². The molecule has 5 rings (SSSR count). The van der Waals surface area contributed by atoms with Gasteiger partial charge in [0.25, 0.3) is 5.56 Å². The predicted molar refractivity (Wildman–Crippen MR) is 106 cm³/mol. The lowest BCUT2D eigenvalue weighted by Gasteiger charge is -2.08. The van der Waals surface area contributed by atoms with Gasteiger partial charge in [0.05, 0.1) is 23.3 Å². The zero-order valence-electron chi connectivity index (χ0n) is 14.8. The molecule has 0 bridgehead atoms. The molecule has 5 nitrogen and oxygen atoms in total. The number of fused-ring (bicyclic) bond motifs is 3. The van der Waals surface area contributed by atoms with E-state index in [1.165, 1.54) is 12.1 Å². The Morgan fingerprint density at radius 3 is 2.50 bits per heavy atom. The number of hydrogen-bond donors (Lipinski definition) is 0. The molecule has 0 fully saturated rings. The van der Waals surface area contributed by atoms with Crippen molar-refractivity contribution in [2.75, 3.05) is 0 Å². The number of nitrogens with zero attached hydrogens (tertiary/aromatic N) is 4. The van der Waals surface area contributed by atoms with Crippen LogP contribution in [0.2, 0.25) is 0 Å². The Kier molecular flexibility index (Phi) is 3.76. The first kappa shape index (κ1) is 16.4. The van der Waals surface area contributed by atoms with Gasteiger partial charge >= 0.3 is 0 Å². The van der Waals surface area contributed by atoms with Crippen molar-refractivity contribution in [3.8, 4) is 11.3 Å². The van der Waals surface area contributed by atoms with E-state index in [1.54, 1.807) is 41.1 Å². The first-order valence-electron chi connectivity index (χ1n) is 8.87. The van der Waals surface area contributed by atoms with Crippen LogP contribution >= 0.6 is 0 Å². The molecule has 28 heavy (non-hydrogen) atoms. The molecule has 0 unspecified atom stereocenters. The molecule has 2 aromatic carbocycles. The lowest BCUT2D eigenvalue weighted by Crippen LogP contribution is -2.15. The summed E-state index contributed by atoms with van der Waals surface area (Å²) in [5.41, 5.74) is 3.20. The SMILES string of the molecule is O=c1cc(-c2cccnc2)nc2n(Cc3ccccc3F)c3ccccc3n12. The molecular formula is C22H15FN4O. The van der Waals surface area contributed by atoms with Crippen molar-refractivity contribution in [1.82, 2.24) is 18.9 Å². The van der Waals surface area contributed by atoms with Gasteiger partial charge in [-0.05, 0) is 30.3 Å². The van der Waals surface area contributed by atoms with Crippen LogP contribution in [-0.2, 0) is 6.54 Å². The molecule has 0 N–H and O–H groups in total. The quantitative estimate of drug-likeness (QED) is 0.484. The molecule has 5 aromatic rings. The summed E-state index contributed by atoms with van der Waals surface area (Å²) in [5.74, 6) is 0.181. The largest absolute Gasteiger partial charge is 0.305 e. The van der Waals surface area contributed by atoms with E-state index in [1.807, 2.05) is 34.9 Å². The Hall–Kier alpha value is -3.80. The zero-order valence-corrected chi connectivity index (χ0v) is 14.8. The average Bonchev–Trinajstić information content (AvgIpc) is 3.04. The summed E-state index contributed by atoms with van der Waals surface area (Å²) in [6, 6.07) is 19.3. The van der Waals surface area contributed by atoms with Crippen molar-refractivity contribution in [2.45, 2.75) is 6.54 Å². The summed E-state index contributed by atoms with van der Waals surface area (Å²) < 4.78 is 17.7. The molecule has 0 aliphatic heterocycles. The highest BCUT2D eigenvalue weighted by Crippen LogP contribution is 2.23. The smallest absolute Gasteiger partial charge is 0.260 e.